The highest BCUT2D eigenvalue weighted by molar-refractivity contribution is 7.88. The van der Waals surface area contributed by atoms with Crippen molar-refractivity contribution in [2.75, 3.05) is 32.6 Å². The Bertz CT molecular complexity index is 593. The maximum atomic E-state index is 11.6. The minimum Gasteiger partial charge on any atom is -0.377 e. The summed E-state index contributed by atoms with van der Waals surface area (Å²) in [5.41, 5.74) is 1.11. The van der Waals surface area contributed by atoms with Crippen LogP contribution in [0.5, 0.6) is 0 Å². The fraction of sp³-hybridized carbons (Fsp3) is 0.667. The second-order valence-corrected chi connectivity index (χ2v) is 8.05. The van der Waals surface area contributed by atoms with Crippen LogP contribution < -0.4 is 0 Å². The van der Waals surface area contributed by atoms with E-state index >= 15 is 0 Å². The number of pyridine rings is 1. The molecule has 22 heavy (non-hydrogen) atoms. The van der Waals surface area contributed by atoms with Gasteiger partial charge in [-0.05, 0) is 30.0 Å². The Balaban J connectivity index is 1.44. The molecule has 2 saturated heterocycles. The highest BCUT2D eigenvalue weighted by Gasteiger charge is 2.45. The van der Waals surface area contributed by atoms with E-state index < -0.39 is 10.0 Å². The SMILES string of the molecule is CS(=O)(=O)N1C[C@H]2[C@@H](CCOCc3ccncc3)CO[C@H]2C1. The highest BCUT2D eigenvalue weighted by atomic mass is 32.2. The molecule has 3 atom stereocenters. The van der Waals surface area contributed by atoms with E-state index in [4.69, 9.17) is 9.47 Å². The molecule has 0 unspecified atom stereocenters. The van der Waals surface area contributed by atoms with Gasteiger partial charge < -0.3 is 9.47 Å². The van der Waals surface area contributed by atoms with Crippen molar-refractivity contribution in [1.82, 2.24) is 9.29 Å². The highest BCUT2D eigenvalue weighted by Crippen LogP contribution is 2.36. The molecular weight excluding hydrogens is 304 g/mol. The predicted molar refractivity (Wildman–Crippen MR) is 81.6 cm³/mol. The average Bonchev–Trinajstić information content (AvgIpc) is 3.05. The normalized spacial score (nSPS) is 28.9. The smallest absolute Gasteiger partial charge is 0.211 e. The maximum Gasteiger partial charge on any atom is 0.211 e. The number of nitrogens with zero attached hydrogens (tertiary/aromatic N) is 2. The number of hydrogen-bond donors (Lipinski definition) is 0. The quantitative estimate of drug-likeness (QED) is 0.726. The van der Waals surface area contributed by atoms with E-state index in [0.29, 0.717) is 44.7 Å². The minimum absolute atomic E-state index is 0.0555. The second-order valence-electron chi connectivity index (χ2n) is 6.07. The summed E-state index contributed by atoms with van der Waals surface area (Å²) in [4.78, 5) is 3.97. The zero-order chi connectivity index (χ0) is 15.6. The first-order valence-corrected chi connectivity index (χ1v) is 9.42. The third-order valence-corrected chi connectivity index (χ3v) is 5.76. The largest absolute Gasteiger partial charge is 0.377 e. The van der Waals surface area contributed by atoms with Crippen LogP contribution >= 0.6 is 0 Å². The molecular formula is C15H22N2O4S. The molecule has 0 saturated carbocycles. The number of aromatic nitrogens is 1. The molecule has 3 heterocycles. The van der Waals surface area contributed by atoms with Gasteiger partial charge in [-0.2, -0.15) is 4.31 Å². The molecule has 2 fully saturated rings. The Morgan fingerprint density at radius 3 is 2.86 bits per heavy atom. The summed E-state index contributed by atoms with van der Waals surface area (Å²) in [5.74, 6) is 0.688. The Kier molecular flexibility index (Phi) is 4.77. The van der Waals surface area contributed by atoms with Gasteiger partial charge in [0, 0.05) is 38.0 Å². The molecule has 0 aliphatic carbocycles. The molecule has 0 aromatic carbocycles. The Labute approximate surface area is 131 Å². The van der Waals surface area contributed by atoms with Crippen LogP contribution in [0.1, 0.15) is 12.0 Å². The van der Waals surface area contributed by atoms with Gasteiger partial charge in [0.2, 0.25) is 10.0 Å². The second kappa shape index (κ2) is 6.62. The minimum atomic E-state index is -3.11. The summed E-state index contributed by atoms with van der Waals surface area (Å²) in [7, 11) is -3.11. The van der Waals surface area contributed by atoms with E-state index in [1.165, 1.54) is 10.6 Å². The van der Waals surface area contributed by atoms with Crippen molar-refractivity contribution in [2.24, 2.45) is 11.8 Å². The molecule has 2 aliphatic heterocycles. The van der Waals surface area contributed by atoms with Crippen molar-refractivity contribution in [3.8, 4) is 0 Å². The van der Waals surface area contributed by atoms with Crippen LogP contribution in [0, 0.1) is 11.8 Å². The molecule has 0 spiro atoms. The van der Waals surface area contributed by atoms with Gasteiger partial charge in [-0.25, -0.2) is 8.42 Å². The molecule has 1 aromatic rings. The van der Waals surface area contributed by atoms with E-state index in [2.05, 4.69) is 4.98 Å². The zero-order valence-corrected chi connectivity index (χ0v) is 13.5. The molecule has 6 nitrogen and oxygen atoms in total. The molecule has 2 aliphatic rings. The van der Waals surface area contributed by atoms with E-state index in [1.54, 1.807) is 12.4 Å². The van der Waals surface area contributed by atoms with Gasteiger partial charge in [0.05, 0.1) is 25.6 Å². The lowest BCUT2D eigenvalue weighted by Crippen LogP contribution is -2.30. The van der Waals surface area contributed by atoms with Crippen molar-refractivity contribution in [3.63, 3.8) is 0 Å². The number of hydrogen-bond acceptors (Lipinski definition) is 5. The fourth-order valence-electron chi connectivity index (χ4n) is 3.24. The van der Waals surface area contributed by atoms with E-state index in [-0.39, 0.29) is 6.10 Å². The summed E-state index contributed by atoms with van der Waals surface area (Å²) < 4.78 is 36.3. The molecule has 0 amide bonds. The first-order chi connectivity index (χ1) is 10.5. The average molecular weight is 326 g/mol. The molecule has 7 heteroatoms. The molecule has 122 valence electrons. The molecule has 3 rings (SSSR count). The first-order valence-electron chi connectivity index (χ1n) is 7.57. The van der Waals surface area contributed by atoms with Crippen LogP contribution in [0.15, 0.2) is 24.5 Å². The standard InChI is InChI=1S/C15H22N2O4S/c1-22(18,19)17-8-14-13(11-21-15(14)9-17)4-7-20-10-12-2-5-16-6-3-12/h2-3,5-6,13-15H,4,7-11H2,1H3/t13-,14-,15-/m0/s1. The van der Waals surface area contributed by atoms with E-state index in [0.717, 1.165) is 12.0 Å². The van der Waals surface area contributed by atoms with Crippen LogP contribution in [0.4, 0.5) is 0 Å². The van der Waals surface area contributed by atoms with Gasteiger partial charge >= 0.3 is 0 Å². The maximum absolute atomic E-state index is 11.6. The third kappa shape index (κ3) is 3.65. The Hall–Kier alpha value is -1.02. The van der Waals surface area contributed by atoms with Gasteiger partial charge in [0.25, 0.3) is 0 Å². The van der Waals surface area contributed by atoms with Crippen molar-refractivity contribution < 1.29 is 17.9 Å². The van der Waals surface area contributed by atoms with Crippen LogP contribution in [0.3, 0.4) is 0 Å². The van der Waals surface area contributed by atoms with Crippen molar-refractivity contribution in [3.05, 3.63) is 30.1 Å². The topological polar surface area (TPSA) is 68.7 Å². The van der Waals surface area contributed by atoms with Crippen molar-refractivity contribution >= 4 is 10.0 Å². The van der Waals surface area contributed by atoms with Crippen LogP contribution in [-0.2, 0) is 26.1 Å². The number of ether oxygens (including phenoxy) is 2. The van der Waals surface area contributed by atoms with E-state index in [1.807, 2.05) is 12.1 Å². The van der Waals surface area contributed by atoms with Gasteiger partial charge in [-0.1, -0.05) is 0 Å². The fourth-order valence-corrected chi connectivity index (χ4v) is 4.10. The van der Waals surface area contributed by atoms with Crippen LogP contribution in [-0.4, -0.2) is 56.4 Å². The Morgan fingerprint density at radius 2 is 2.14 bits per heavy atom. The first kappa shape index (κ1) is 15.9. The van der Waals surface area contributed by atoms with Crippen LogP contribution in [0.25, 0.3) is 0 Å². The zero-order valence-electron chi connectivity index (χ0n) is 12.7. The summed E-state index contributed by atoms with van der Waals surface area (Å²) in [6.45, 7) is 3.04. The van der Waals surface area contributed by atoms with Crippen molar-refractivity contribution in [2.45, 2.75) is 19.1 Å². The molecule has 0 bridgehead atoms. The Morgan fingerprint density at radius 1 is 1.36 bits per heavy atom. The summed E-state index contributed by atoms with van der Waals surface area (Å²) in [6.07, 6.45) is 5.74. The lowest BCUT2D eigenvalue weighted by Gasteiger charge is -2.18. The molecule has 0 radical (unpaired) electrons. The van der Waals surface area contributed by atoms with Gasteiger partial charge in [-0.3, -0.25) is 4.98 Å². The van der Waals surface area contributed by atoms with Crippen LogP contribution in [0.2, 0.25) is 0 Å². The molecule has 0 N–H and O–H groups in total. The van der Waals surface area contributed by atoms with E-state index in [9.17, 15) is 8.42 Å². The van der Waals surface area contributed by atoms with Gasteiger partial charge in [0.1, 0.15) is 0 Å². The molecule has 1 aromatic heterocycles. The van der Waals surface area contributed by atoms with Gasteiger partial charge in [0.15, 0.2) is 0 Å². The number of sulfonamides is 1. The number of fused-ring (bicyclic) bond motifs is 1. The monoisotopic (exact) mass is 326 g/mol. The lowest BCUT2D eigenvalue weighted by molar-refractivity contribution is 0.0890. The summed E-state index contributed by atoms with van der Waals surface area (Å²) in [6, 6.07) is 3.88. The predicted octanol–water partition coefficient (Wildman–Crippen LogP) is 0.895. The van der Waals surface area contributed by atoms with Crippen molar-refractivity contribution in [1.29, 1.82) is 0 Å². The third-order valence-electron chi connectivity index (χ3n) is 4.53. The summed E-state index contributed by atoms with van der Waals surface area (Å²) in [5, 5.41) is 0. The summed E-state index contributed by atoms with van der Waals surface area (Å²) >= 11 is 0. The lowest BCUT2D eigenvalue weighted by atomic mass is 9.91. The number of rotatable bonds is 6. The van der Waals surface area contributed by atoms with Gasteiger partial charge in [-0.15, -0.1) is 0 Å².